The van der Waals surface area contributed by atoms with Gasteiger partial charge in [-0.15, -0.1) is 6.20 Å². The predicted octanol–water partition coefficient (Wildman–Crippen LogP) is 0.575. The smallest absolute Gasteiger partial charge is 0 e. The molecule has 0 aliphatic carbocycles. The quantitative estimate of drug-likeness (QED) is 0.543. The number of hydrogen-bond acceptors (Lipinski definition) is 2. The van der Waals surface area contributed by atoms with Crippen LogP contribution < -0.4 is 0 Å². The number of nitrogens with zero attached hydrogens (tertiary/aromatic N) is 2. The molecule has 1 aromatic rings. The van der Waals surface area contributed by atoms with E-state index in [-0.39, 0.29) is 131 Å². The normalized spacial score (nSPS) is 5.55. The van der Waals surface area contributed by atoms with Crippen LogP contribution in [0.3, 0.4) is 0 Å². The number of hydrogen-bond donors (Lipinski definition) is 0. The molecule has 1 heterocycles. The summed E-state index contributed by atoms with van der Waals surface area (Å²) >= 11 is 0. The molecule has 11 heavy (non-hydrogen) atoms. The second kappa shape index (κ2) is 15.9. The summed E-state index contributed by atoms with van der Waals surface area (Å²) in [6, 6.07) is 3.59. The zero-order valence-electron chi connectivity index (χ0n) is 6.36. The van der Waals surface area contributed by atoms with Gasteiger partial charge in [0, 0.05) is 131 Å². The van der Waals surface area contributed by atoms with E-state index < -0.39 is 0 Å². The fraction of sp³-hybridized carbons (Fsp3) is 0.200. The molecule has 0 atom stereocenters. The van der Waals surface area contributed by atoms with Crippen LogP contribution >= 0.6 is 0 Å². The van der Waals surface area contributed by atoms with Gasteiger partial charge in [0.25, 0.3) is 0 Å². The van der Waals surface area contributed by atoms with Crippen molar-refractivity contribution in [2.45, 2.75) is 6.92 Å². The Morgan fingerprint density at radius 2 is 1.73 bits per heavy atom. The Morgan fingerprint density at radius 3 is 1.91 bits per heavy atom. The van der Waals surface area contributed by atoms with Crippen molar-refractivity contribution in [3.8, 4) is 0 Å². The van der Waals surface area contributed by atoms with Gasteiger partial charge >= 0.3 is 0 Å². The molecule has 0 unspecified atom stereocenters. The van der Waals surface area contributed by atoms with Crippen LogP contribution in [0.25, 0.3) is 0 Å². The molecule has 1 rings (SSSR count). The fourth-order valence-corrected chi connectivity index (χ4v) is 0.332. The van der Waals surface area contributed by atoms with E-state index in [0.29, 0.717) is 0 Å². The van der Waals surface area contributed by atoms with Crippen LogP contribution in [0.5, 0.6) is 0 Å². The van der Waals surface area contributed by atoms with Crippen LogP contribution in [0, 0.1) is 13.1 Å². The maximum Gasteiger partial charge on any atom is 0 e. The molecule has 2 nitrogen and oxygen atoms in total. The minimum Gasteiger partial charge on any atom is -0.268 e. The average Bonchev–Trinajstić information content (AvgIpc) is 1.69. The number of aromatic nitrogens is 2. The molecule has 0 amide bonds. The van der Waals surface area contributed by atoms with E-state index in [0.717, 1.165) is 5.69 Å². The van der Waals surface area contributed by atoms with Gasteiger partial charge in [-0.3, -0.25) is 5.10 Å². The summed E-state index contributed by atoms with van der Waals surface area (Å²) in [7, 11) is 0. The zero-order chi connectivity index (χ0) is 5.11. The Bertz CT molecular complexity index is 146. The Balaban J connectivity index is -0.0000000612. The van der Waals surface area contributed by atoms with Gasteiger partial charge in [-0.05, 0) is 12.6 Å². The second-order valence-electron chi connectivity index (χ2n) is 1.30. The van der Waals surface area contributed by atoms with Crippen molar-refractivity contribution in [3.05, 3.63) is 24.0 Å². The molecular formula is C5H5N2Y4-. The molecule has 0 saturated heterocycles. The average molecular weight is 449 g/mol. The Kier molecular flexibility index (Phi) is 34.7. The Hall–Kier alpha value is 3.50. The maximum atomic E-state index is 3.67. The van der Waals surface area contributed by atoms with Gasteiger partial charge < -0.3 is 0 Å². The van der Waals surface area contributed by atoms with Crippen LogP contribution in [0.1, 0.15) is 5.69 Å². The van der Waals surface area contributed by atoms with E-state index in [9.17, 15) is 0 Å². The first-order valence-electron chi connectivity index (χ1n) is 2.06. The van der Waals surface area contributed by atoms with E-state index in [4.69, 9.17) is 0 Å². The van der Waals surface area contributed by atoms with Gasteiger partial charge in [0.1, 0.15) is 0 Å². The van der Waals surface area contributed by atoms with Gasteiger partial charge in [0.2, 0.25) is 0 Å². The van der Waals surface area contributed by atoms with Gasteiger partial charge in [0.05, 0.1) is 0 Å². The first kappa shape index (κ1) is 24.0. The summed E-state index contributed by atoms with van der Waals surface area (Å²) in [5.41, 5.74) is 0.929. The topological polar surface area (TPSA) is 25.8 Å². The van der Waals surface area contributed by atoms with Crippen molar-refractivity contribution in [2.24, 2.45) is 0 Å². The summed E-state index contributed by atoms with van der Waals surface area (Å²) < 4.78 is 0. The number of rotatable bonds is 0. The third-order valence-electron chi connectivity index (χ3n) is 0.665. The van der Waals surface area contributed by atoms with Crippen molar-refractivity contribution in [2.75, 3.05) is 0 Å². The van der Waals surface area contributed by atoms with E-state index in [1.807, 2.05) is 13.0 Å². The molecular weight excluding hydrogens is 444 g/mol. The van der Waals surface area contributed by atoms with E-state index in [1.54, 1.807) is 6.07 Å². The van der Waals surface area contributed by atoms with Crippen molar-refractivity contribution >= 4 is 0 Å². The molecule has 0 fully saturated rings. The summed E-state index contributed by atoms with van der Waals surface area (Å²) in [5, 5.41) is 7.18. The standard InChI is InChI=1S/C5H5N2.4Y/c1-5-3-2-4-6-7-5;;;;/h2-3H,1H3;;;;/q-1;;;;. The summed E-state index contributed by atoms with van der Waals surface area (Å²) in [4.78, 5) is 0. The van der Waals surface area contributed by atoms with Gasteiger partial charge in [0.15, 0.2) is 0 Å². The van der Waals surface area contributed by atoms with Crippen molar-refractivity contribution in [3.63, 3.8) is 0 Å². The first-order valence-corrected chi connectivity index (χ1v) is 2.06. The molecule has 0 bridgehead atoms. The van der Waals surface area contributed by atoms with Crippen molar-refractivity contribution < 1.29 is 131 Å². The van der Waals surface area contributed by atoms with Gasteiger partial charge in [-0.1, -0.05) is 0 Å². The SMILES string of the molecule is Cc1cc[c-]nn1.[Y].[Y].[Y].[Y]. The Labute approximate surface area is 168 Å². The van der Waals surface area contributed by atoms with E-state index in [1.165, 1.54) is 0 Å². The molecule has 0 saturated carbocycles. The van der Waals surface area contributed by atoms with Crippen LogP contribution in [-0.4, -0.2) is 10.2 Å². The van der Waals surface area contributed by atoms with Gasteiger partial charge in [-0.2, -0.15) is 11.2 Å². The molecule has 48 valence electrons. The molecule has 0 N–H and O–H groups in total. The third kappa shape index (κ3) is 13.5. The van der Waals surface area contributed by atoms with Crippen LogP contribution in [0.2, 0.25) is 0 Å². The Morgan fingerprint density at radius 1 is 1.18 bits per heavy atom. The summed E-state index contributed by atoms with van der Waals surface area (Å²) in [5.74, 6) is 0. The molecule has 0 spiro atoms. The van der Waals surface area contributed by atoms with Crippen molar-refractivity contribution in [1.29, 1.82) is 0 Å². The van der Waals surface area contributed by atoms with Gasteiger partial charge in [-0.25, -0.2) is 6.07 Å². The molecule has 1 aromatic heterocycles. The summed E-state index contributed by atoms with van der Waals surface area (Å²) in [6.07, 6.45) is 2.57. The first-order chi connectivity index (χ1) is 3.39. The van der Waals surface area contributed by atoms with Crippen LogP contribution in [0.4, 0.5) is 0 Å². The molecule has 0 aromatic carbocycles. The largest absolute Gasteiger partial charge is 0.268 e. The zero-order valence-corrected chi connectivity index (χ0v) is 17.7. The third-order valence-corrected chi connectivity index (χ3v) is 0.665. The molecule has 0 aliphatic heterocycles. The van der Waals surface area contributed by atoms with Crippen LogP contribution in [-0.2, 0) is 131 Å². The minimum atomic E-state index is 0. The molecule has 0 aliphatic rings. The minimum absolute atomic E-state index is 0. The maximum absolute atomic E-state index is 3.67. The predicted molar refractivity (Wildman–Crippen MR) is 25.6 cm³/mol. The second-order valence-corrected chi connectivity index (χ2v) is 1.30. The summed E-state index contributed by atoms with van der Waals surface area (Å²) in [6.45, 7) is 1.89. The van der Waals surface area contributed by atoms with E-state index in [2.05, 4.69) is 16.4 Å². The fourth-order valence-electron chi connectivity index (χ4n) is 0.332. The molecule has 6 heteroatoms. The molecule has 4 radical (unpaired) electrons. The monoisotopic (exact) mass is 449 g/mol. The number of aryl methyl sites for hydroxylation is 1. The van der Waals surface area contributed by atoms with Crippen molar-refractivity contribution in [1.82, 2.24) is 10.2 Å². The van der Waals surface area contributed by atoms with E-state index >= 15 is 0 Å². The van der Waals surface area contributed by atoms with Crippen LogP contribution in [0.15, 0.2) is 12.1 Å².